The van der Waals surface area contributed by atoms with Crippen LogP contribution < -0.4 is 16.0 Å². The first-order chi connectivity index (χ1) is 9.31. The minimum absolute atomic E-state index is 0.0296. The van der Waals surface area contributed by atoms with Crippen molar-refractivity contribution >= 4 is 0 Å². The first-order valence-corrected chi connectivity index (χ1v) is 7.14. The summed E-state index contributed by atoms with van der Waals surface area (Å²) in [6.07, 6.45) is 3.13. The maximum Gasteiger partial charge on any atom is 0.127 e. The molecule has 2 rings (SSSR count). The molecule has 0 spiro atoms. The van der Waals surface area contributed by atoms with Gasteiger partial charge in [0.2, 0.25) is 0 Å². The lowest BCUT2D eigenvalue weighted by Gasteiger charge is -2.29. The van der Waals surface area contributed by atoms with Gasteiger partial charge in [0, 0.05) is 12.2 Å². The standard InChI is InChI=1S/C15H24N2O2/c1-3-13(18-4-2)14(17-16)12-9-5-7-11-8-6-10-19-15(11)12/h5,7,9,13-14,17H,3-4,6,8,10,16H2,1-2H3. The van der Waals surface area contributed by atoms with E-state index in [1.165, 1.54) is 5.56 Å². The van der Waals surface area contributed by atoms with Crippen LogP contribution in [0.3, 0.4) is 0 Å². The van der Waals surface area contributed by atoms with Crippen LogP contribution in [0.5, 0.6) is 5.75 Å². The van der Waals surface area contributed by atoms with Gasteiger partial charge in [-0.05, 0) is 31.7 Å². The van der Waals surface area contributed by atoms with Gasteiger partial charge in [-0.15, -0.1) is 0 Å². The van der Waals surface area contributed by atoms with Crippen molar-refractivity contribution < 1.29 is 9.47 Å². The molecule has 0 radical (unpaired) electrons. The Kier molecular flexibility index (Phi) is 5.19. The van der Waals surface area contributed by atoms with Crippen LogP contribution >= 0.6 is 0 Å². The second-order valence-corrected chi connectivity index (χ2v) is 4.83. The number of hydrogen-bond donors (Lipinski definition) is 2. The Morgan fingerprint density at radius 2 is 2.26 bits per heavy atom. The van der Waals surface area contributed by atoms with E-state index < -0.39 is 0 Å². The molecule has 2 unspecified atom stereocenters. The van der Waals surface area contributed by atoms with E-state index in [0.29, 0.717) is 6.61 Å². The molecule has 1 heterocycles. The summed E-state index contributed by atoms with van der Waals surface area (Å²) in [6, 6.07) is 6.26. The maximum absolute atomic E-state index is 5.86. The lowest BCUT2D eigenvalue weighted by molar-refractivity contribution is 0.0305. The molecule has 0 saturated heterocycles. The lowest BCUT2D eigenvalue weighted by atomic mass is 9.94. The summed E-state index contributed by atoms with van der Waals surface area (Å²) in [4.78, 5) is 0. The van der Waals surface area contributed by atoms with Gasteiger partial charge in [-0.2, -0.15) is 0 Å². The summed E-state index contributed by atoms with van der Waals surface area (Å²) < 4.78 is 11.7. The minimum Gasteiger partial charge on any atom is -0.493 e. The van der Waals surface area contributed by atoms with Crippen molar-refractivity contribution in [3.63, 3.8) is 0 Å². The van der Waals surface area contributed by atoms with E-state index in [0.717, 1.165) is 37.2 Å². The second-order valence-electron chi connectivity index (χ2n) is 4.83. The number of aryl methyl sites for hydroxylation is 1. The molecule has 1 aliphatic heterocycles. The van der Waals surface area contributed by atoms with E-state index in [1.54, 1.807) is 0 Å². The molecule has 0 aromatic heterocycles. The zero-order valence-electron chi connectivity index (χ0n) is 11.8. The largest absolute Gasteiger partial charge is 0.493 e. The fourth-order valence-electron chi connectivity index (χ4n) is 2.72. The van der Waals surface area contributed by atoms with Crippen LogP contribution in [0.1, 0.15) is 43.9 Å². The van der Waals surface area contributed by atoms with Crippen molar-refractivity contribution in [2.75, 3.05) is 13.2 Å². The van der Waals surface area contributed by atoms with Crippen molar-refractivity contribution in [2.24, 2.45) is 5.84 Å². The third-order valence-corrected chi connectivity index (χ3v) is 3.63. The zero-order valence-corrected chi connectivity index (χ0v) is 11.8. The number of nitrogens with two attached hydrogens (primary N) is 1. The van der Waals surface area contributed by atoms with Gasteiger partial charge in [0.15, 0.2) is 0 Å². The van der Waals surface area contributed by atoms with Gasteiger partial charge in [0.05, 0.1) is 18.8 Å². The predicted molar refractivity (Wildman–Crippen MR) is 76.0 cm³/mol. The van der Waals surface area contributed by atoms with E-state index in [-0.39, 0.29) is 12.1 Å². The van der Waals surface area contributed by atoms with Gasteiger partial charge in [-0.3, -0.25) is 11.3 Å². The Morgan fingerprint density at radius 1 is 1.42 bits per heavy atom. The highest BCUT2D eigenvalue weighted by Gasteiger charge is 2.26. The van der Waals surface area contributed by atoms with Gasteiger partial charge in [-0.25, -0.2) is 0 Å². The fraction of sp³-hybridized carbons (Fsp3) is 0.600. The highest BCUT2D eigenvalue weighted by Crippen LogP contribution is 2.35. The molecule has 2 atom stereocenters. The lowest BCUT2D eigenvalue weighted by Crippen LogP contribution is -2.38. The van der Waals surface area contributed by atoms with Gasteiger partial charge in [0.1, 0.15) is 5.75 Å². The number of para-hydroxylation sites is 1. The quantitative estimate of drug-likeness (QED) is 0.611. The Bertz CT molecular complexity index is 409. The monoisotopic (exact) mass is 264 g/mol. The molecule has 3 N–H and O–H groups in total. The summed E-state index contributed by atoms with van der Waals surface area (Å²) in [6.45, 7) is 5.59. The van der Waals surface area contributed by atoms with Crippen molar-refractivity contribution in [3.8, 4) is 5.75 Å². The first-order valence-electron chi connectivity index (χ1n) is 7.14. The molecular weight excluding hydrogens is 240 g/mol. The molecule has 1 aliphatic rings. The predicted octanol–water partition coefficient (Wildman–Crippen LogP) is 2.33. The van der Waals surface area contributed by atoms with E-state index in [1.807, 2.05) is 6.92 Å². The molecule has 106 valence electrons. The summed E-state index contributed by atoms with van der Waals surface area (Å²) in [5.41, 5.74) is 5.28. The van der Waals surface area contributed by atoms with Crippen molar-refractivity contribution in [1.29, 1.82) is 0 Å². The van der Waals surface area contributed by atoms with Gasteiger partial charge < -0.3 is 9.47 Å². The SMILES string of the molecule is CCOC(CC)C(NN)c1cccc2c1OCCC2. The highest BCUT2D eigenvalue weighted by atomic mass is 16.5. The van der Waals surface area contributed by atoms with Gasteiger partial charge in [0.25, 0.3) is 0 Å². The number of hydrogen-bond acceptors (Lipinski definition) is 4. The molecule has 0 bridgehead atoms. The highest BCUT2D eigenvalue weighted by molar-refractivity contribution is 5.44. The summed E-state index contributed by atoms with van der Waals surface area (Å²) in [7, 11) is 0. The van der Waals surface area contributed by atoms with Crippen LogP contribution in [0.2, 0.25) is 0 Å². The number of ether oxygens (including phenoxy) is 2. The molecule has 4 heteroatoms. The molecule has 1 aromatic carbocycles. The fourth-order valence-corrected chi connectivity index (χ4v) is 2.72. The van der Waals surface area contributed by atoms with Gasteiger partial charge >= 0.3 is 0 Å². The van der Waals surface area contributed by atoms with E-state index in [9.17, 15) is 0 Å². The normalized spacial score (nSPS) is 17.4. The average Bonchev–Trinajstić information content (AvgIpc) is 2.47. The molecule has 0 amide bonds. The Balaban J connectivity index is 2.32. The maximum atomic E-state index is 5.86. The molecule has 1 aromatic rings. The topological polar surface area (TPSA) is 56.5 Å². The molecule has 0 aliphatic carbocycles. The smallest absolute Gasteiger partial charge is 0.127 e. The van der Waals surface area contributed by atoms with E-state index in [4.69, 9.17) is 15.3 Å². The van der Waals surface area contributed by atoms with E-state index in [2.05, 4.69) is 30.5 Å². The Morgan fingerprint density at radius 3 is 2.95 bits per heavy atom. The van der Waals surface area contributed by atoms with Crippen molar-refractivity contribution in [2.45, 2.75) is 45.3 Å². The first kappa shape index (κ1) is 14.3. The van der Waals surface area contributed by atoms with Crippen molar-refractivity contribution in [3.05, 3.63) is 29.3 Å². The molecule has 0 saturated carbocycles. The van der Waals surface area contributed by atoms with Crippen LogP contribution in [-0.4, -0.2) is 19.3 Å². The van der Waals surface area contributed by atoms with Crippen LogP contribution in [0.25, 0.3) is 0 Å². The van der Waals surface area contributed by atoms with Crippen molar-refractivity contribution in [1.82, 2.24) is 5.43 Å². The van der Waals surface area contributed by atoms with E-state index >= 15 is 0 Å². The third kappa shape index (κ3) is 3.08. The third-order valence-electron chi connectivity index (χ3n) is 3.63. The summed E-state index contributed by atoms with van der Waals surface area (Å²) in [5.74, 6) is 6.75. The summed E-state index contributed by atoms with van der Waals surface area (Å²) >= 11 is 0. The van der Waals surface area contributed by atoms with Crippen LogP contribution in [0, 0.1) is 0 Å². The van der Waals surface area contributed by atoms with Crippen LogP contribution in [-0.2, 0) is 11.2 Å². The molecule has 4 nitrogen and oxygen atoms in total. The zero-order chi connectivity index (χ0) is 13.7. The number of fused-ring (bicyclic) bond motifs is 1. The number of hydrazine groups is 1. The number of nitrogens with one attached hydrogen (secondary N) is 1. The van der Waals surface area contributed by atoms with Gasteiger partial charge in [-0.1, -0.05) is 25.1 Å². The average molecular weight is 264 g/mol. The number of benzene rings is 1. The Labute approximate surface area is 115 Å². The number of rotatable bonds is 6. The molecule has 19 heavy (non-hydrogen) atoms. The van der Waals surface area contributed by atoms with Crippen LogP contribution in [0.4, 0.5) is 0 Å². The Hall–Kier alpha value is -1.10. The molecule has 0 fully saturated rings. The minimum atomic E-state index is -0.0296. The molecular formula is C15H24N2O2. The van der Waals surface area contributed by atoms with Crippen LogP contribution in [0.15, 0.2) is 18.2 Å². The second kappa shape index (κ2) is 6.89. The summed E-state index contributed by atoms with van der Waals surface area (Å²) in [5, 5.41) is 0.